The number of carbonyl (C=O) groups excluding carboxylic acids is 1. The molecule has 1 heterocycles. The van der Waals surface area contributed by atoms with Crippen molar-refractivity contribution in [2.45, 2.75) is 20.1 Å². The van der Waals surface area contributed by atoms with Gasteiger partial charge in [0, 0.05) is 11.6 Å². The van der Waals surface area contributed by atoms with E-state index in [0.717, 1.165) is 22.3 Å². The fourth-order valence-electron chi connectivity index (χ4n) is 2.84. The molecular formula is C21H20N2O4. The summed E-state index contributed by atoms with van der Waals surface area (Å²) in [6, 6.07) is 15.7. The van der Waals surface area contributed by atoms with E-state index in [1.54, 1.807) is 24.3 Å². The third-order valence-corrected chi connectivity index (χ3v) is 4.31. The van der Waals surface area contributed by atoms with E-state index >= 15 is 0 Å². The zero-order chi connectivity index (χ0) is 19.4. The second-order valence-corrected chi connectivity index (χ2v) is 6.21. The van der Waals surface area contributed by atoms with Gasteiger partial charge in [0.05, 0.1) is 31.5 Å². The third kappa shape index (κ3) is 4.12. The van der Waals surface area contributed by atoms with E-state index in [1.165, 1.54) is 17.9 Å². The van der Waals surface area contributed by atoms with Gasteiger partial charge in [0.15, 0.2) is 0 Å². The van der Waals surface area contributed by atoms with Crippen LogP contribution < -0.4 is 5.56 Å². The zero-order valence-electron chi connectivity index (χ0n) is 15.2. The van der Waals surface area contributed by atoms with Crippen molar-refractivity contribution < 1.29 is 14.6 Å². The van der Waals surface area contributed by atoms with Crippen molar-refractivity contribution >= 4 is 5.97 Å². The molecule has 138 valence electrons. The lowest BCUT2D eigenvalue weighted by atomic mass is 10.0. The van der Waals surface area contributed by atoms with E-state index in [0.29, 0.717) is 11.3 Å². The van der Waals surface area contributed by atoms with Crippen LogP contribution in [0.5, 0.6) is 0 Å². The van der Waals surface area contributed by atoms with Gasteiger partial charge in [0.1, 0.15) is 0 Å². The molecule has 0 aliphatic rings. The molecule has 0 aliphatic carbocycles. The number of benzene rings is 2. The van der Waals surface area contributed by atoms with Crippen LogP contribution in [0.1, 0.15) is 27.0 Å². The standard InChI is InChI=1S/C21H20N2O4/c1-14-6-7-16(13-24)11-18(14)19-8-9-20(25)23(22-19)12-15-4-3-5-17(10-15)21(26)27-2/h3-11,24H,12-13H2,1-2H3. The normalized spacial score (nSPS) is 10.6. The summed E-state index contributed by atoms with van der Waals surface area (Å²) in [5.41, 5.74) is 4.23. The average Bonchev–Trinajstić information content (AvgIpc) is 2.69. The summed E-state index contributed by atoms with van der Waals surface area (Å²) in [4.78, 5) is 24.0. The third-order valence-electron chi connectivity index (χ3n) is 4.31. The molecule has 3 rings (SSSR count). The average molecular weight is 364 g/mol. The summed E-state index contributed by atoms with van der Waals surface area (Å²) in [6.45, 7) is 2.12. The van der Waals surface area contributed by atoms with E-state index < -0.39 is 5.97 Å². The molecular weight excluding hydrogens is 344 g/mol. The van der Waals surface area contributed by atoms with Crippen LogP contribution in [0.3, 0.4) is 0 Å². The molecule has 0 spiro atoms. The Kier molecular flexibility index (Phi) is 5.47. The van der Waals surface area contributed by atoms with Crippen molar-refractivity contribution in [1.29, 1.82) is 0 Å². The second-order valence-electron chi connectivity index (χ2n) is 6.21. The number of rotatable bonds is 5. The van der Waals surface area contributed by atoms with E-state index in [4.69, 9.17) is 4.74 Å². The molecule has 1 N–H and O–H groups in total. The van der Waals surface area contributed by atoms with Crippen LogP contribution in [0.25, 0.3) is 11.3 Å². The highest BCUT2D eigenvalue weighted by atomic mass is 16.5. The summed E-state index contributed by atoms with van der Waals surface area (Å²) in [6.07, 6.45) is 0. The number of aryl methyl sites for hydroxylation is 1. The Morgan fingerprint density at radius 1 is 1.11 bits per heavy atom. The van der Waals surface area contributed by atoms with E-state index in [-0.39, 0.29) is 18.7 Å². The van der Waals surface area contributed by atoms with E-state index in [2.05, 4.69) is 5.10 Å². The highest BCUT2D eigenvalue weighted by Crippen LogP contribution is 2.22. The molecule has 0 saturated heterocycles. The van der Waals surface area contributed by atoms with Gasteiger partial charge >= 0.3 is 5.97 Å². The van der Waals surface area contributed by atoms with Crippen molar-refractivity contribution in [3.05, 3.63) is 87.2 Å². The second kappa shape index (κ2) is 7.97. The Morgan fingerprint density at radius 2 is 1.93 bits per heavy atom. The monoisotopic (exact) mass is 364 g/mol. The first-order valence-electron chi connectivity index (χ1n) is 8.48. The van der Waals surface area contributed by atoms with Crippen LogP contribution in [0.15, 0.2) is 59.4 Å². The van der Waals surface area contributed by atoms with Crippen LogP contribution in [0.4, 0.5) is 0 Å². The number of carbonyl (C=O) groups is 1. The molecule has 0 atom stereocenters. The largest absolute Gasteiger partial charge is 0.465 e. The minimum Gasteiger partial charge on any atom is -0.465 e. The summed E-state index contributed by atoms with van der Waals surface area (Å²) >= 11 is 0. The molecule has 0 saturated carbocycles. The number of aromatic nitrogens is 2. The molecule has 0 bridgehead atoms. The quantitative estimate of drug-likeness (QED) is 0.704. The van der Waals surface area contributed by atoms with Gasteiger partial charge < -0.3 is 9.84 Å². The van der Waals surface area contributed by atoms with Crippen molar-refractivity contribution in [2.75, 3.05) is 7.11 Å². The highest BCUT2D eigenvalue weighted by molar-refractivity contribution is 5.89. The van der Waals surface area contributed by atoms with Crippen LogP contribution in [0, 0.1) is 6.92 Å². The van der Waals surface area contributed by atoms with Gasteiger partial charge in [0.2, 0.25) is 0 Å². The maximum atomic E-state index is 12.3. The molecule has 1 aromatic heterocycles. The Labute approximate surface area is 156 Å². The van der Waals surface area contributed by atoms with Crippen LogP contribution >= 0.6 is 0 Å². The first-order valence-corrected chi connectivity index (χ1v) is 8.48. The number of methoxy groups -OCH3 is 1. The molecule has 2 aromatic carbocycles. The van der Waals surface area contributed by atoms with Gasteiger partial charge in [-0.1, -0.05) is 24.3 Å². The molecule has 6 heteroatoms. The summed E-state index contributed by atoms with van der Waals surface area (Å²) in [5, 5.41) is 13.8. The van der Waals surface area contributed by atoms with Gasteiger partial charge in [-0.3, -0.25) is 4.79 Å². The molecule has 3 aromatic rings. The van der Waals surface area contributed by atoms with Crippen molar-refractivity contribution in [3.63, 3.8) is 0 Å². The number of nitrogens with zero attached hydrogens (tertiary/aromatic N) is 2. The van der Waals surface area contributed by atoms with Gasteiger partial charge in [-0.15, -0.1) is 0 Å². The summed E-state index contributed by atoms with van der Waals surface area (Å²) in [5.74, 6) is -0.428. The fraction of sp³-hybridized carbons (Fsp3) is 0.190. The Morgan fingerprint density at radius 3 is 2.67 bits per heavy atom. The van der Waals surface area contributed by atoms with Gasteiger partial charge in [-0.25, -0.2) is 9.48 Å². The Hall–Kier alpha value is -3.25. The van der Waals surface area contributed by atoms with Gasteiger partial charge in [0.25, 0.3) is 5.56 Å². The number of esters is 1. The lowest BCUT2D eigenvalue weighted by molar-refractivity contribution is 0.0600. The number of aliphatic hydroxyl groups excluding tert-OH is 1. The molecule has 6 nitrogen and oxygen atoms in total. The number of hydrogen-bond acceptors (Lipinski definition) is 5. The number of ether oxygens (including phenoxy) is 1. The van der Waals surface area contributed by atoms with Gasteiger partial charge in [-0.2, -0.15) is 5.10 Å². The minimum absolute atomic E-state index is 0.0623. The van der Waals surface area contributed by atoms with E-state index in [1.807, 2.05) is 31.2 Å². The van der Waals surface area contributed by atoms with Crippen molar-refractivity contribution in [1.82, 2.24) is 9.78 Å². The van der Waals surface area contributed by atoms with Crippen LogP contribution in [-0.4, -0.2) is 28.0 Å². The summed E-state index contributed by atoms with van der Waals surface area (Å²) < 4.78 is 6.09. The fourth-order valence-corrected chi connectivity index (χ4v) is 2.84. The zero-order valence-corrected chi connectivity index (χ0v) is 15.2. The highest BCUT2D eigenvalue weighted by Gasteiger charge is 2.10. The topological polar surface area (TPSA) is 81.4 Å². The predicted molar refractivity (Wildman–Crippen MR) is 101 cm³/mol. The first kappa shape index (κ1) is 18.5. The Bertz CT molecular complexity index is 1040. The molecule has 27 heavy (non-hydrogen) atoms. The maximum absolute atomic E-state index is 12.3. The Balaban J connectivity index is 1.98. The lowest BCUT2D eigenvalue weighted by Gasteiger charge is -2.11. The maximum Gasteiger partial charge on any atom is 0.337 e. The summed E-state index contributed by atoms with van der Waals surface area (Å²) in [7, 11) is 1.33. The minimum atomic E-state index is -0.428. The number of aliphatic hydroxyl groups is 1. The molecule has 0 amide bonds. The van der Waals surface area contributed by atoms with Crippen LogP contribution in [0.2, 0.25) is 0 Å². The first-order chi connectivity index (χ1) is 13.0. The van der Waals surface area contributed by atoms with Gasteiger partial charge in [-0.05, 0) is 47.9 Å². The molecule has 0 unspecified atom stereocenters. The predicted octanol–water partition coefficient (Wildman–Crippen LogP) is 2.55. The SMILES string of the molecule is COC(=O)c1cccc(Cn2nc(-c3cc(CO)ccc3C)ccc2=O)c1. The molecule has 0 fully saturated rings. The van der Waals surface area contributed by atoms with E-state index in [9.17, 15) is 14.7 Å². The lowest BCUT2D eigenvalue weighted by Crippen LogP contribution is -2.23. The molecule has 0 radical (unpaired) electrons. The van der Waals surface area contributed by atoms with Crippen molar-refractivity contribution in [3.8, 4) is 11.3 Å². The van der Waals surface area contributed by atoms with Crippen LogP contribution in [-0.2, 0) is 17.9 Å². The smallest absolute Gasteiger partial charge is 0.337 e. The van der Waals surface area contributed by atoms with Crippen molar-refractivity contribution in [2.24, 2.45) is 0 Å². The number of hydrogen-bond donors (Lipinski definition) is 1. The molecule has 0 aliphatic heterocycles.